The molecule has 25 heavy (non-hydrogen) atoms. The maximum Gasteiger partial charge on any atom is 0.306 e. The van der Waals surface area contributed by atoms with Crippen molar-refractivity contribution in [2.75, 3.05) is 6.54 Å². The van der Waals surface area contributed by atoms with Gasteiger partial charge in [0, 0.05) is 30.2 Å². The van der Waals surface area contributed by atoms with Crippen molar-refractivity contribution in [1.82, 2.24) is 5.32 Å². The number of Topliss-reactive ketones (excluding diaryl/α,β-unsaturated/α-hetero) is 2. The van der Waals surface area contributed by atoms with Gasteiger partial charge in [-0.15, -0.1) is 0 Å². The van der Waals surface area contributed by atoms with Crippen LogP contribution < -0.4 is 5.32 Å². The van der Waals surface area contributed by atoms with Crippen molar-refractivity contribution < 1.29 is 19.5 Å². The summed E-state index contributed by atoms with van der Waals surface area (Å²) in [5.74, 6) is -1.71. The van der Waals surface area contributed by atoms with Gasteiger partial charge >= 0.3 is 5.97 Å². The highest BCUT2D eigenvalue weighted by Gasteiger charge is 2.26. The summed E-state index contributed by atoms with van der Waals surface area (Å²) in [4.78, 5) is 35.3. The number of rotatable bonds is 12. The van der Waals surface area contributed by atoms with Crippen LogP contribution in [0.4, 0.5) is 0 Å². The van der Waals surface area contributed by atoms with Gasteiger partial charge < -0.3 is 10.4 Å². The molecule has 0 radical (unpaired) electrons. The van der Waals surface area contributed by atoms with Crippen molar-refractivity contribution in [3.63, 3.8) is 0 Å². The van der Waals surface area contributed by atoms with Crippen LogP contribution in [0, 0.1) is 11.3 Å². The number of carboxylic acids is 1. The lowest BCUT2D eigenvalue weighted by atomic mass is 9.85. The van der Waals surface area contributed by atoms with Gasteiger partial charge in [0.1, 0.15) is 11.6 Å². The number of hydrogen-bond acceptors (Lipinski definition) is 4. The molecule has 0 saturated heterocycles. The van der Waals surface area contributed by atoms with Gasteiger partial charge in [-0.2, -0.15) is 0 Å². The van der Waals surface area contributed by atoms with Crippen molar-refractivity contribution in [3.8, 4) is 0 Å². The molecular formula is C20H37NO4. The van der Waals surface area contributed by atoms with E-state index in [1.54, 1.807) is 0 Å². The molecule has 0 heterocycles. The second-order valence-corrected chi connectivity index (χ2v) is 8.98. The third-order valence-electron chi connectivity index (χ3n) is 4.17. The van der Waals surface area contributed by atoms with E-state index < -0.39 is 17.3 Å². The van der Waals surface area contributed by atoms with E-state index >= 15 is 0 Å². The van der Waals surface area contributed by atoms with E-state index in [-0.39, 0.29) is 36.4 Å². The van der Waals surface area contributed by atoms with Crippen LogP contribution in [-0.2, 0) is 14.4 Å². The fourth-order valence-corrected chi connectivity index (χ4v) is 2.46. The van der Waals surface area contributed by atoms with Gasteiger partial charge in [0.05, 0.1) is 5.92 Å². The van der Waals surface area contributed by atoms with Crippen molar-refractivity contribution in [2.24, 2.45) is 11.3 Å². The molecule has 0 saturated carbocycles. The lowest BCUT2D eigenvalue weighted by Gasteiger charge is -2.20. The van der Waals surface area contributed by atoms with E-state index in [4.69, 9.17) is 0 Å². The summed E-state index contributed by atoms with van der Waals surface area (Å²) in [7, 11) is 0. The summed E-state index contributed by atoms with van der Waals surface area (Å²) >= 11 is 0. The number of nitrogens with one attached hydrogen (secondary N) is 1. The van der Waals surface area contributed by atoms with E-state index in [9.17, 15) is 19.5 Å². The highest BCUT2D eigenvalue weighted by Crippen LogP contribution is 2.22. The highest BCUT2D eigenvalue weighted by atomic mass is 16.4. The van der Waals surface area contributed by atoms with Gasteiger partial charge in [-0.25, -0.2) is 0 Å². The Balaban J connectivity index is 4.09. The lowest BCUT2D eigenvalue weighted by molar-refractivity contribution is -0.144. The van der Waals surface area contributed by atoms with Crippen molar-refractivity contribution in [3.05, 3.63) is 0 Å². The molecule has 0 aromatic rings. The lowest BCUT2D eigenvalue weighted by Crippen LogP contribution is -2.36. The molecule has 5 heteroatoms. The fourth-order valence-electron chi connectivity index (χ4n) is 2.46. The zero-order chi connectivity index (χ0) is 19.7. The Morgan fingerprint density at radius 1 is 0.920 bits per heavy atom. The first kappa shape index (κ1) is 23.8. The van der Waals surface area contributed by atoms with Crippen LogP contribution in [0.1, 0.15) is 86.5 Å². The third kappa shape index (κ3) is 12.7. The molecule has 5 nitrogen and oxygen atoms in total. The Morgan fingerprint density at radius 3 is 2.00 bits per heavy atom. The van der Waals surface area contributed by atoms with Crippen molar-refractivity contribution in [1.29, 1.82) is 0 Å². The Hall–Kier alpha value is -1.23. The second kappa shape index (κ2) is 10.7. The standard InChI is InChI=1S/C20H37NO4/c1-19(2,3)17(23)12-11-15(18(24)25)14-16(22)10-8-7-9-13-21-20(4,5)6/h15,21H,7-14H2,1-6H3,(H,24,25). The van der Waals surface area contributed by atoms with E-state index in [2.05, 4.69) is 26.1 Å². The van der Waals surface area contributed by atoms with Gasteiger partial charge in [0.15, 0.2) is 0 Å². The van der Waals surface area contributed by atoms with E-state index in [1.165, 1.54) is 0 Å². The monoisotopic (exact) mass is 355 g/mol. The molecule has 1 atom stereocenters. The largest absolute Gasteiger partial charge is 0.481 e. The number of carbonyl (C=O) groups is 3. The molecule has 0 aromatic heterocycles. The molecule has 0 aliphatic carbocycles. The second-order valence-electron chi connectivity index (χ2n) is 8.98. The van der Waals surface area contributed by atoms with Crippen molar-refractivity contribution >= 4 is 17.5 Å². The smallest absolute Gasteiger partial charge is 0.306 e. The average Bonchev–Trinajstić information content (AvgIpc) is 2.44. The Bertz CT molecular complexity index is 444. The third-order valence-corrected chi connectivity index (χ3v) is 4.17. The van der Waals surface area contributed by atoms with Crippen molar-refractivity contribution in [2.45, 2.75) is 92.0 Å². The molecule has 0 spiro atoms. The Morgan fingerprint density at radius 2 is 1.52 bits per heavy atom. The molecule has 0 amide bonds. The first-order valence-electron chi connectivity index (χ1n) is 9.36. The zero-order valence-electron chi connectivity index (χ0n) is 16.9. The first-order chi connectivity index (χ1) is 11.3. The molecule has 2 N–H and O–H groups in total. The maximum atomic E-state index is 12.0. The van der Waals surface area contributed by atoms with Crippen LogP contribution in [0.3, 0.4) is 0 Å². The molecule has 146 valence electrons. The molecule has 0 aliphatic rings. The number of unbranched alkanes of at least 4 members (excludes halogenated alkanes) is 2. The predicted molar refractivity (Wildman–Crippen MR) is 101 cm³/mol. The summed E-state index contributed by atoms with van der Waals surface area (Å²) in [6.45, 7) is 12.7. The number of carboxylic acid groups (broad SMARTS) is 1. The van der Waals surface area contributed by atoms with Crippen LogP contribution in [-0.4, -0.2) is 34.7 Å². The van der Waals surface area contributed by atoms with Crippen LogP contribution in [0.2, 0.25) is 0 Å². The molecule has 0 aliphatic heterocycles. The topological polar surface area (TPSA) is 83.5 Å². The van der Waals surface area contributed by atoms with Gasteiger partial charge in [0.25, 0.3) is 0 Å². The normalized spacial score (nSPS) is 13.5. The van der Waals surface area contributed by atoms with Gasteiger partial charge in [-0.1, -0.05) is 27.2 Å². The van der Waals surface area contributed by atoms with E-state index in [1.807, 2.05) is 20.8 Å². The summed E-state index contributed by atoms with van der Waals surface area (Å²) in [5, 5.41) is 12.7. The molecule has 0 aromatic carbocycles. The molecule has 0 fully saturated rings. The van der Waals surface area contributed by atoms with Crippen LogP contribution in [0.25, 0.3) is 0 Å². The summed E-state index contributed by atoms with van der Waals surface area (Å²) in [5.41, 5.74) is -0.358. The van der Waals surface area contributed by atoms with E-state index in [0.717, 1.165) is 25.8 Å². The predicted octanol–water partition coefficient (Wildman–Crippen LogP) is 3.99. The number of hydrogen-bond donors (Lipinski definition) is 2. The first-order valence-corrected chi connectivity index (χ1v) is 9.36. The Kier molecular flexibility index (Phi) is 10.2. The fraction of sp³-hybridized carbons (Fsp3) is 0.850. The van der Waals surface area contributed by atoms with Gasteiger partial charge in [0.2, 0.25) is 0 Å². The molecule has 0 rings (SSSR count). The van der Waals surface area contributed by atoms with Crippen LogP contribution >= 0.6 is 0 Å². The number of carbonyl (C=O) groups excluding carboxylic acids is 2. The summed E-state index contributed by atoms with van der Waals surface area (Å²) in [6.07, 6.45) is 3.67. The van der Waals surface area contributed by atoms with Crippen LogP contribution in [0.15, 0.2) is 0 Å². The average molecular weight is 356 g/mol. The van der Waals surface area contributed by atoms with E-state index in [0.29, 0.717) is 6.42 Å². The summed E-state index contributed by atoms with van der Waals surface area (Å²) in [6, 6.07) is 0. The maximum absolute atomic E-state index is 12.0. The number of aliphatic carboxylic acids is 1. The molecule has 1 unspecified atom stereocenters. The Labute approximate surface area is 153 Å². The SMILES string of the molecule is CC(C)(C)NCCCCCC(=O)CC(CCC(=O)C(C)(C)C)C(=O)O. The minimum atomic E-state index is -0.982. The summed E-state index contributed by atoms with van der Waals surface area (Å²) < 4.78 is 0. The minimum absolute atomic E-state index is 0.0145. The minimum Gasteiger partial charge on any atom is -0.481 e. The van der Waals surface area contributed by atoms with Gasteiger partial charge in [-0.3, -0.25) is 14.4 Å². The van der Waals surface area contributed by atoms with Crippen LogP contribution in [0.5, 0.6) is 0 Å². The number of ketones is 2. The highest BCUT2D eigenvalue weighted by molar-refractivity contribution is 5.86. The quantitative estimate of drug-likeness (QED) is 0.517. The molecular weight excluding hydrogens is 318 g/mol. The van der Waals surface area contributed by atoms with Gasteiger partial charge in [-0.05, 0) is 46.6 Å². The zero-order valence-corrected chi connectivity index (χ0v) is 16.9. The molecule has 0 bridgehead atoms.